The van der Waals surface area contributed by atoms with E-state index in [1.165, 1.54) is 14.7 Å². The van der Waals surface area contributed by atoms with E-state index in [-0.39, 0.29) is 0 Å². The van der Waals surface area contributed by atoms with Crippen molar-refractivity contribution in [3.8, 4) is 11.1 Å². The maximum atomic E-state index is 10.5. The molecule has 0 bridgehead atoms. The van der Waals surface area contributed by atoms with Crippen molar-refractivity contribution in [2.24, 2.45) is 0 Å². The van der Waals surface area contributed by atoms with Crippen LogP contribution in [0.5, 0.6) is 0 Å². The van der Waals surface area contributed by atoms with Crippen LogP contribution < -0.4 is 0 Å². The fraction of sp³-hybridized carbons (Fsp3) is 0.0714. The number of carbonyl (C=O) groups is 1. The van der Waals surface area contributed by atoms with Crippen LogP contribution in [0.3, 0.4) is 0 Å². The second-order valence-electron chi connectivity index (χ2n) is 3.55. The molecule has 0 N–H and O–H groups in total. The van der Waals surface area contributed by atoms with Crippen LogP contribution in [0.15, 0.2) is 48.5 Å². The van der Waals surface area contributed by atoms with Gasteiger partial charge in [-0.25, -0.2) is 0 Å². The lowest BCUT2D eigenvalue weighted by atomic mass is 10.0. The molecular weight excluding hydrogens is 311 g/mol. The summed E-state index contributed by atoms with van der Waals surface area (Å²) in [6, 6.07) is 16.4. The minimum absolute atomic E-state index is 0.483. The van der Waals surface area contributed by atoms with Crippen molar-refractivity contribution in [3.63, 3.8) is 0 Å². The normalized spacial score (nSPS) is 10.1. The van der Waals surface area contributed by atoms with Crippen molar-refractivity contribution in [3.05, 3.63) is 57.7 Å². The average molecular weight is 322 g/mol. The number of carbonyl (C=O) groups excluding carboxylic acids is 1. The van der Waals surface area contributed by atoms with Crippen LogP contribution >= 0.6 is 22.6 Å². The summed E-state index contributed by atoms with van der Waals surface area (Å²) < 4.78 is 1.21. The van der Waals surface area contributed by atoms with Gasteiger partial charge in [-0.15, -0.1) is 0 Å². The predicted molar refractivity (Wildman–Crippen MR) is 74.4 cm³/mol. The molecule has 2 rings (SSSR count). The Morgan fingerprint density at radius 1 is 1.06 bits per heavy atom. The number of rotatable bonds is 3. The van der Waals surface area contributed by atoms with E-state index in [1.54, 1.807) is 0 Å². The van der Waals surface area contributed by atoms with Gasteiger partial charge in [0.05, 0.1) is 0 Å². The summed E-state index contributed by atoms with van der Waals surface area (Å²) in [5, 5.41) is 0. The van der Waals surface area contributed by atoms with Crippen molar-refractivity contribution in [2.45, 2.75) is 6.42 Å². The highest BCUT2D eigenvalue weighted by Crippen LogP contribution is 2.26. The minimum atomic E-state index is 0.483. The molecule has 0 spiro atoms. The lowest BCUT2D eigenvalue weighted by molar-refractivity contribution is -0.107. The van der Waals surface area contributed by atoms with Crippen LogP contribution in [-0.4, -0.2) is 6.29 Å². The Hall–Kier alpha value is -1.16. The molecule has 80 valence electrons. The lowest BCUT2D eigenvalue weighted by Gasteiger charge is -2.06. The number of hydrogen-bond donors (Lipinski definition) is 0. The molecule has 0 aliphatic heterocycles. The van der Waals surface area contributed by atoms with Gasteiger partial charge in [0.25, 0.3) is 0 Å². The molecule has 2 heteroatoms. The standard InChI is InChI=1S/C14H11IO/c15-14-7-6-11(8-9-16)10-13(14)12-4-2-1-3-5-12/h1-7,9-10H,8H2. The first-order valence-electron chi connectivity index (χ1n) is 5.09. The summed E-state index contributed by atoms with van der Waals surface area (Å²) in [5.41, 5.74) is 3.45. The second-order valence-corrected chi connectivity index (χ2v) is 4.71. The van der Waals surface area contributed by atoms with Crippen LogP contribution in [0.25, 0.3) is 11.1 Å². The Kier molecular flexibility index (Phi) is 3.72. The molecule has 0 fully saturated rings. The molecule has 0 radical (unpaired) electrons. The number of benzene rings is 2. The summed E-state index contributed by atoms with van der Waals surface area (Å²) in [4.78, 5) is 10.5. The maximum Gasteiger partial charge on any atom is 0.124 e. The van der Waals surface area contributed by atoms with Crippen molar-refractivity contribution in [2.75, 3.05) is 0 Å². The molecule has 0 aliphatic carbocycles. The van der Waals surface area contributed by atoms with Gasteiger partial charge < -0.3 is 4.79 Å². The summed E-state index contributed by atoms with van der Waals surface area (Å²) in [7, 11) is 0. The van der Waals surface area contributed by atoms with Crippen molar-refractivity contribution in [1.29, 1.82) is 0 Å². The molecular formula is C14H11IO. The van der Waals surface area contributed by atoms with E-state index < -0.39 is 0 Å². The van der Waals surface area contributed by atoms with E-state index in [4.69, 9.17) is 0 Å². The van der Waals surface area contributed by atoms with Crippen LogP contribution in [0, 0.1) is 3.57 Å². The number of hydrogen-bond acceptors (Lipinski definition) is 1. The fourth-order valence-electron chi connectivity index (χ4n) is 1.63. The zero-order valence-corrected chi connectivity index (χ0v) is 10.8. The molecule has 0 saturated heterocycles. The van der Waals surface area contributed by atoms with Crippen LogP contribution in [0.4, 0.5) is 0 Å². The van der Waals surface area contributed by atoms with E-state index in [9.17, 15) is 4.79 Å². The number of aldehydes is 1. The topological polar surface area (TPSA) is 17.1 Å². The molecule has 0 aliphatic rings. The monoisotopic (exact) mass is 322 g/mol. The number of halogens is 1. The molecule has 0 amide bonds. The van der Waals surface area contributed by atoms with Gasteiger partial charge in [0, 0.05) is 9.99 Å². The van der Waals surface area contributed by atoms with E-state index in [0.717, 1.165) is 11.8 Å². The first-order valence-corrected chi connectivity index (χ1v) is 6.16. The zero-order chi connectivity index (χ0) is 11.4. The molecule has 1 nitrogen and oxygen atoms in total. The van der Waals surface area contributed by atoms with Gasteiger partial charge in [-0.2, -0.15) is 0 Å². The summed E-state index contributed by atoms with van der Waals surface area (Å²) >= 11 is 2.32. The third-order valence-corrected chi connectivity index (χ3v) is 3.38. The van der Waals surface area contributed by atoms with E-state index in [1.807, 2.05) is 24.3 Å². The summed E-state index contributed by atoms with van der Waals surface area (Å²) in [5.74, 6) is 0. The van der Waals surface area contributed by atoms with Crippen molar-refractivity contribution in [1.82, 2.24) is 0 Å². The smallest absolute Gasteiger partial charge is 0.124 e. The highest BCUT2D eigenvalue weighted by atomic mass is 127. The quantitative estimate of drug-likeness (QED) is 0.622. The van der Waals surface area contributed by atoms with Crippen molar-refractivity contribution >= 4 is 28.9 Å². The second kappa shape index (κ2) is 5.25. The lowest BCUT2D eigenvalue weighted by Crippen LogP contribution is -1.89. The molecule has 0 saturated carbocycles. The third kappa shape index (κ3) is 2.50. The Balaban J connectivity index is 2.47. The highest BCUT2D eigenvalue weighted by molar-refractivity contribution is 14.1. The third-order valence-electron chi connectivity index (χ3n) is 2.43. The minimum Gasteiger partial charge on any atom is -0.303 e. The highest BCUT2D eigenvalue weighted by Gasteiger charge is 2.03. The predicted octanol–water partition coefficient (Wildman–Crippen LogP) is 3.70. The molecule has 0 aromatic heterocycles. The molecule has 0 atom stereocenters. The first-order chi connectivity index (χ1) is 7.81. The zero-order valence-electron chi connectivity index (χ0n) is 8.69. The molecule has 2 aromatic rings. The van der Waals surface area contributed by atoms with Crippen LogP contribution in [0.2, 0.25) is 0 Å². The van der Waals surface area contributed by atoms with Crippen LogP contribution in [-0.2, 0) is 11.2 Å². The first kappa shape index (κ1) is 11.3. The van der Waals surface area contributed by atoms with Gasteiger partial charge in [0.2, 0.25) is 0 Å². The SMILES string of the molecule is O=CCc1ccc(I)c(-c2ccccc2)c1. The van der Waals surface area contributed by atoms with Crippen LogP contribution in [0.1, 0.15) is 5.56 Å². The fourth-order valence-corrected chi connectivity index (χ4v) is 2.28. The van der Waals surface area contributed by atoms with E-state index in [2.05, 4.69) is 46.9 Å². The van der Waals surface area contributed by atoms with Gasteiger partial charge in [0.1, 0.15) is 6.29 Å². The Morgan fingerprint density at radius 2 is 1.81 bits per heavy atom. The van der Waals surface area contributed by atoms with E-state index >= 15 is 0 Å². The molecule has 0 heterocycles. The van der Waals surface area contributed by atoms with Gasteiger partial charge >= 0.3 is 0 Å². The van der Waals surface area contributed by atoms with Gasteiger partial charge in [-0.05, 0) is 51.4 Å². The van der Waals surface area contributed by atoms with E-state index in [0.29, 0.717) is 6.42 Å². The molecule has 2 aromatic carbocycles. The largest absolute Gasteiger partial charge is 0.303 e. The maximum absolute atomic E-state index is 10.5. The Bertz CT molecular complexity index is 491. The summed E-state index contributed by atoms with van der Waals surface area (Å²) in [6.07, 6.45) is 1.42. The van der Waals surface area contributed by atoms with Gasteiger partial charge in [-0.3, -0.25) is 0 Å². The Labute approximate surface area is 109 Å². The average Bonchev–Trinajstić information content (AvgIpc) is 2.33. The Morgan fingerprint density at radius 3 is 2.50 bits per heavy atom. The van der Waals surface area contributed by atoms with Crippen molar-refractivity contribution < 1.29 is 4.79 Å². The van der Waals surface area contributed by atoms with Gasteiger partial charge in [0.15, 0.2) is 0 Å². The van der Waals surface area contributed by atoms with Gasteiger partial charge in [-0.1, -0.05) is 36.4 Å². The molecule has 0 unspecified atom stereocenters. The molecule has 16 heavy (non-hydrogen) atoms. The summed E-state index contributed by atoms with van der Waals surface area (Å²) in [6.45, 7) is 0.